The zero-order valence-corrected chi connectivity index (χ0v) is 69.0. The number of amidine groups is 8. The van der Waals surface area contributed by atoms with Crippen LogP contribution in [0.25, 0.3) is 88.6 Å². The molecule has 28 nitrogen and oxygen atoms in total. The Balaban J connectivity index is 0.000000134. The normalized spacial score (nSPS) is 13.1. The first-order chi connectivity index (χ1) is 59.6. The number of carboxylic acid groups (broad SMARTS) is 1. The van der Waals surface area contributed by atoms with Gasteiger partial charge in [-0.25, -0.2) is 4.79 Å². The van der Waals surface area contributed by atoms with Crippen molar-refractivity contribution < 1.29 is 38.5 Å². The first-order valence-corrected chi connectivity index (χ1v) is 40.9. The molecule has 0 amide bonds. The molecule has 21 N–H and O–H groups in total. The second-order valence-electron chi connectivity index (χ2n) is 29.7. The van der Waals surface area contributed by atoms with Crippen LogP contribution < -0.4 is 44.2 Å². The van der Waals surface area contributed by atoms with Gasteiger partial charge in [-0.3, -0.25) is 56.0 Å². The fourth-order valence-electron chi connectivity index (χ4n) is 15.8. The fraction of sp³-hybridized carbons (Fsp3) is 0.221. The number of carbonyl (C=O) groups is 4. The number of carboxylic acids is 1. The number of nitrogens with two attached hydrogens (primary N) is 4. The third kappa shape index (κ3) is 18.9. The number of methoxy groups -OCH3 is 1. The Hall–Kier alpha value is -15.2. The highest BCUT2D eigenvalue weighted by Gasteiger charge is 2.26. The van der Waals surface area contributed by atoms with Gasteiger partial charge in [-0.1, -0.05) is 147 Å². The average molecular weight is 1650 g/mol. The number of nitrogens with one attached hydrogen (secondary N) is 12. The van der Waals surface area contributed by atoms with Crippen molar-refractivity contribution in [2.75, 3.05) is 72.7 Å². The van der Waals surface area contributed by atoms with Crippen molar-refractivity contribution in [3.05, 3.63) is 271 Å². The zero-order valence-electron chi connectivity index (χ0n) is 69.0. The van der Waals surface area contributed by atoms with Crippen LogP contribution in [-0.4, -0.2) is 168 Å². The van der Waals surface area contributed by atoms with Gasteiger partial charge in [-0.2, -0.15) is 0 Å². The highest BCUT2D eigenvalue weighted by Crippen LogP contribution is 2.39. The van der Waals surface area contributed by atoms with Gasteiger partial charge in [0.2, 0.25) is 0 Å². The molecule has 0 bridgehead atoms. The number of esters is 3. The van der Waals surface area contributed by atoms with E-state index < -0.39 is 5.97 Å². The minimum Gasteiger partial charge on any atom is -0.481 e. The Morgan fingerprint density at radius 1 is 0.374 bits per heavy atom. The summed E-state index contributed by atoms with van der Waals surface area (Å²) in [4.78, 5) is 79.8. The van der Waals surface area contributed by atoms with Crippen LogP contribution in [0.15, 0.2) is 202 Å². The summed E-state index contributed by atoms with van der Waals surface area (Å²) in [6.45, 7) is 15.0. The van der Waals surface area contributed by atoms with Gasteiger partial charge in [0.15, 0.2) is 0 Å². The molecule has 626 valence electrons. The van der Waals surface area contributed by atoms with Gasteiger partial charge in [0, 0.05) is 132 Å². The molecule has 0 saturated heterocycles. The van der Waals surface area contributed by atoms with Gasteiger partial charge in [-0.15, -0.1) is 0 Å². The predicted molar refractivity (Wildman–Crippen MR) is 488 cm³/mol. The molecule has 0 saturated carbocycles. The quantitative estimate of drug-likeness (QED) is 0.0109. The number of aryl methyl sites for hydroxylation is 2. The summed E-state index contributed by atoms with van der Waals surface area (Å²) in [6.07, 6.45) is 2.46. The van der Waals surface area contributed by atoms with E-state index in [1.165, 1.54) is 7.11 Å². The smallest absolute Gasteiger partial charge is 0.337 e. The number of carbonyl (C=O) groups excluding carboxylic acids is 3. The van der Waals surface area contributed by atoms with Crippen molar-refractivity contribution in [2.24, 2.45) is 42.9 Å². The molecule has 4 aromatic heterocycles. The molecule has 0 aliphatic carbocycles. The second-order valence-corrected chi connectivity index (χ2v) is 29.7. The monoisotopic (exact) mass is 1650 g/mol. The number of H-pyrrole nitrogens is 4. The molecule has 0 atom stereocenters. The van der Waals surface area contributed by atoms with Crippen molar-refractivity contribution in [1.29, 1.82) is 21.6 Å². The fourth-order valence-corrected chi connectivity index (χ4v) is 15.8. The number of fused-ring (bicyclic) bond motifs is 4. The number of aliphatic carboxylic acids is 1. The minimum absolute atomic E-state index is 0.0121. The molecule has 17 rings (SSSR count). The molecule has 0 radical (unpaired) electrons. The molecular weight excluding hydrogens is 1550 g/mol. The van der Waals surface area contributed by atoms with E-state index in [1.807, 2.05) is 129 Å². The topological polar surface area (TPSA) is 476 Å². The average Bonchev–Trinajstić information content (AvgIpc) is 1.64. The van der Waals surface area contributed by atoms with E-state index in [9.17, 15) is 24.3 Å². The maximum Gasteiger partial charge on any atom is 0.337 e. The van der Waals surface area contributed by atoms with Crippen LogP contribution in [0.5, 0.6) is 0 Å². The molecule has 28 heteroatoms. The number of hydrogen-bond donors (Lipinski definition) is 17. The number of hydrogen-bond acceptors (Lipinski definition) is 19. The highest BCUT2D eigenvalue weighted by atomic mass is 16.5. The Labute approximate surface area is 709 Å². The van der Waals surface area contributed by atoms with Crippen LogP contribution in [0, 0.1) is 21.6 Å². The Morgan fingerprint density at radius 2 is 0.691 bits per heavy atom. The molecular formula is C95H98N20O8. The van der Waals surface area contributed by atoms with E-state index in [0.29, 0.717) is 47.5 Å². The molecule has 123 heavy (non-hydrogen) atoms. The van der Waals surface area contributed by atoms with Crippen molar-refractivity contribution >= 4 is 114 Å². The second kappa shape index (κ2) is 37.8. The number of benzene rings is 9. The Kier molecular flexibility index (Phi) is 25.9. The van der Waals surface area contributed by atoms with Gasteiger partial charge < -0.3 is 83.5 Å². The summed E-state index contributed by atoms with van der Waals surface area (Å²) >= 11 is 0. The third-order valence-electron chi connectivity index (χ3n) is 21.9. The van der Waals surface area contributed by atoms with Crippen LogP contribution in [0.1, 0.15) is 122 Å². The summed E-state index contributed by atoms with van der Waals surface area (Å²) in [5, 5.41) is 57.5. The molecule has 0 fully saturated rings. The van der Waals surface area contributed by atoms with Crippen molar-refractivity contribution in [2.45, 2.75) is 66.2 Å². The van der Waals surface area contributed by atoms with Crippen molar-refractivity contribution in [3.8, 4) is 45.0 Å². The molecule has 0 unspecified atom stereocenters. The lowest BCUT2D eigenvalue weighted by Crippen LogP contribution is -2.19. The molecule has 8 heterocycles. The Bertz CT molecular complexity index is 6420. The van der Waals surface area contributed by atoms with E-state index in [1.54, 1.807) is 31.2 Å². The molecule has 13 aromatic rings. The van der Waals surface area contributed by atoms with Gasteiger partial charge in [0.1, 0.15) is 46.7 Å². The summed E-state index contributed by atoms with van der Waals surface area (Å²) in [7, 11) is 1.37. The maximum absolute atomic E-state index is 12.4. The third-order valence-corrected chi connectivity index (χ3v) is 21.9. The maximum atomic E-state index is 12.4. The molecule has 4 aliphatic heterocycles. The van der Waals surface area contributed by atoms with Crippen LogP contribution in [0.4, 0.5) is 0 Å². The van der Waals surface area contributed by atoms with E-state index in [0.717, 1.165) is 238 Å². The van der Waals surface area contributed by atoms with Crippen LogP contribution in [0.2, 0.25) is 0 Å². The predicted octanol–water partition coefficient (Wildman–Crippen LogP) is 12.2. The molecule has 4 aliphatic rings. The first-order valence-electron chi connectivity index (χ1n) is 40.9. The lowest BCUT2D eigenvalue weighted by molar-refractivity contribution is -0.143. The molecule has 9 aromatic carbocycles. The van der Waals surface area contributed by atoms with Gasteiger partial charge in [0.25, 0.3) is 0 Å². The van der Waals surface area contributed by atoms with Gasteiger partial charge in [0.05, 0.1) is 94.1 Å². The number of ether oxygens (including phenoxy) is 3. The zero-order chi connectivity index (χ0) is 86.5. The number of aromatic nitrogens is 4. The summed E-state index contributed by atoms with van der Waals surface area (Å²) in [5.74, 6) is 1.95. The highest BCUT2D eigenvalue weighted by molar-refractivity contribution is 6.09. The SMILES string of the molecule is CCOC(=O)Cc1c(-c2ccc(C(=N)N)cc2CC)[nH]c2cc(C(=N)N)ccc12.CCOC(=O)Cc1c(-c2ccc(C3=NCCN3)cc2)[nH]c2cc(C3=NCCN3)ccc12.CCc1cc(C(=N)N)ccc1-c1[nH]c2cc(C(=N)N)ccc2c1Cc1ccc(C(=O)OC)cc1.O=C(O)Cc1c(-c2ccc(C3=NCCN3)cc2)[nH]c2cc(C3=NCCN3)ccc12. The van der Waals surface area contributed by atoms with Gasteiger partial charge in [-0.05, 0) is 125 Å². The summed E-state index contributed by atoms with van der Waals surface area (Å²) in [6, 6.07) is 58.6. The van der Waals surface area contributed by atoms with E-state index in [2.05, 4.69) is 111 Å². The lowest BCUT2D eigenvalue weighted by Gasteiger charge is -2.12. The van der Waals surface area contributed by atoms with Crippen molar-refractivity contribution in [1.82, 2.24) is 41.2 Å². The van der Waals surface area contributed by atoms with E-state index >= 15 is 0 Å². The van der Waals surface area contributed by atoms with Gasteiger partial charge >= 0.3 is 23.9 Å². The minimum atomic E-state index is -0.848. The van der Waals surface area contributed by atoms with Crippen LogP contribution >= 0.6 is 0 Å². The van der Waals surface area contributed by atoms with E-state index in [-0.39, 0.29) is 60.5 Å². The number of aliphatic imine (C=N–C) groups is 4. The van der Waals surface area contributed by atoms with Crippen LogP contribution in [0.3, 0.4) is 0 Å². The Morgan fingerprint density at radius 3 is 1.06 bits per heavy atom. The number of nitrogen functional groups attached to an aromatic ring is 4. The van der Waals surface area contributed by atoms with Crippen LogP contribution in [-0.2, 0) is 67.1 Å². The largest absolute Gasteiger partial charge is 0.481 e. The first kappa shape index (κ1) is 84.2. The lowest BCUT2D eigenvalue weighted by atomic mass is 9.93. The van der Waals surface area contributed by atoms with Crippen molar-refractivity contribution in [3.63, 3.8) is 0 Å². The summed E-state index contributed by atoms with van der Waals surface area (Å²) < 4.78 is 15.2. The number of aromatic amines is 4. The molecule has 0 spiro atoms. The standard InChI is InChI=1S/C27H27N5O2.C24H25N5O2.C22H21N5O2.C22H25N5O2/c1-3-16-13-18(25(28)29)8-10-20(16)24-22(12-15-4-6-17(7-5-15)27(33)34-2)21-11-9-19(26(30)31)14-23(21)32-24;1-2-31-21(30)14-19-18-8-7-17(24-27-11-12-28-24)13-20(18)29-22(19)15-3-5-16(6-4-15)23-25-9-10-26-23;28-19(29)12-17-16-6-5-15(22-25-9-10-26-22)11-18(16)27-20(17)13-1-3-14(4-2-13)21-23-7-8-24-21;1-3-12-9-13(21(23)24)5-7-15(12)20-17(11-19(28)29-4-2)16-8-6-14(22(25)26)10-18(16)27-20/h4-11,13-14,32H,3,12H2,1-2H3,(H3,28,29)(H3,30,31);3-8,13,29H,2,9-12,14H2,1H3,(H,25,26)(H,27,28);1-6,11,27H,7-10,12H2,(H,23,24)(H,25,26)(H,28,29);5-10,27H,3-4,11H2,1-2H3,(H3,23,24)(H3,25,26). The van der Waals surface area contributed by atoms with E-state index in [4.69, 9.17) is 58.8 Å². The number of nitrogens with zero attached hydrogens (tertiary/aromatic N) is 4. The summed E-state index contributed by atoms with van der Waals surface area (Å²) in [5.41, 5.74) is 47.9. The number of rotatable bonds is 25.